The van der Waals surface area contributed by atoms with Gasteiger partial charge in [-0.25, -0.2) is 0 Å². The Morgan fingerprint density at radius 1 is 0.968 bits per heavy atom. The molecule has 0 amide bonds. The first kappa shape index (κ1) is 18.9. The largest absolute Gasteiger partial charge is 0.378 e. The smallest absolute Gasteiger partial charge is 0.255 e. The molecule has 2 aromatic carbocycles. The van der Waals surface area contributed by atoms with Gasteiger partial charge in [0.15, 0.2) is 0 Å². The van der Waals surface area contributed by atoms with Gasteiger partial charge in [0, 0.05) is 53.4 Å². The van der Waals surface area contributed by atoms with Gasteiger partial charge in [0.1, 0.15) is 0 Å². The van der Waals surface area contributed by atoms with E-state index in [-0.39, 0.29) is 5.56 Å². The third kappa shape index (κ3) is 3.30. The lowest BCUT2D eigenvalue weighted by Gasteiger charge is -2.47. The number of nitrogens with one attached hydrogen (secondary N) is 1. The Balaban J connectivity index is 1.27. The summed E-state index contributed by atoms with van der Waals surface area (Å²) in [6, 6.07) is 18.0. The molecule has 0 unspecified atom stereocenters. The number of fused-ring (bicyclic) bond motifs is 1. The van der Waals surface area contributed by atoms with Crippen LogP contribution in [0.15, 0.2) is 71.8 Å². The van der Waals surface area contributed by atoms with Crippen LogP contribution in [0.25, 0.3) is 27.7 Å². The zero-order valence-corrected chi connectivity index (χ0v) is 17.7. The van der Waals surface area contributed by atoms with E-state index in [0.717, 1.165) is 48.6 Å². The minimum Gasteiger partial charge on any atom is -0.378 e. The molecule has 4 aromatic rings. The number of likely N-dealkylation sites (tertiary alicyclic amines) is 1. The maximum atomic E-state index is 12.8. The van der Waals surface area contributed by atoms with Gasteiger partial charge in [0.05, 0.1) is 24.9 Å². The van der Waals surface area contributed by atoms with Crippen molar-refractivity contribution in [2.24, 2.45) is 0 Å². The lowest BCUT2D eigenvalue weighted by Crippen LogP contribution is -2.58. The monoisotopic (exact) mass is 431 g/mol. The first-order valence-corrected chi connectivity index (χ1v) is 11.0. The summed E-state index contributed by atoms with van der Waals surface area (Å²) in [6.07, 6.45) is 3.96. The Hall–Kier alpha value is -2.86. The molecule has 0 bridgehead atoms. The number of ether oxygens (including phenoxy) is 1. The predicted molar refractivity (Wildman–Crippen MR) is 123 cm³/mol. The fourth-order valence-corrected chi connectivity index (χ4v) is 4.71. The molecule has 0 saturated carbocycles. The fraction of sp³-hybridized carbons (Fsp3) is 0.240. The Bertz CT molecular complexity index is 1310. The number of H-pyrrole nitrogens is 1. The highest BCUT2D eigenvalue weighted by Crippen LogP contribution is 2.35. The van der Waals surface area contributed by atoms with E-state index in [2.05, 4.69) is 28.2 Å². The van der Waals surface area contributed by atoms with Gasteiger partial charge in [0.2, 0.25) is 0 Å². The zero-order valence-electron chi connectivity index (χ0n) is 16.9. The van der Waals surface area contributed by atoms with Crippen LogP contribution in [0.3, 0.4) is 0 Å². The highest BCUT2D eigenvalue weighted by Gasteiger charge is 2.37. The van der Waals surface area contributed by atoms with Crippen molar-refractivity contribution in [1.29, 1.82) is 0 Å². The molecule has 0 atom stereocenters. The molecule has 6 rings (SSSR count). The Morgan fingerprint density at radius 2 is 1.77 bits per heavy atom. The molecule has 31 heavy (non-hydrogen) atoms. The topological polar surface area (TPSA) is 50.3 Å². The maximum Gasteiger partial charge on any atom is 0.255 e. The SMILES string of the molecule is O=c1cc(-c2ccc(Cl)cc2)ccn1-c1ccc2c(C3CN(C4COC4)C3)c[nH]c2c1. The van der Waals surface area contributed by atoms with Crippen molar-refractivity contribution in [3.8, 4) is 16.8 Å². The van der Waals surface area contributed by atoms with Gasteiger partial charge in [-0.3, -0.25) is 14.3 Å². The van der Waals surface area contributed by atoms with Gasteiger partial charge in [-0.15, -0.1) is 0 Å². The van der Waals surface area contributed by atoms with Crippen molar-refractivity contribution >= 4 is 22.5 Å². The van der Waals surface area contributed by atoms with Crippen LogP contribution in [0.2, 0.25) is 5.02 Å². The number of benzene rings is 2. The van der Waals surface area contributed by atoms with E-state index in [1.165, 1.54) is 10.9 Å². The molecule has 2 aliphatic rings. The molecule has 6 heteroatoms. The van der Waals surface area contributed by atoms with Crippen LogP contribution >= 0.6 is 11.6 Å². The summed E-state index contributed by atoms with van der Waals surface area (Å²) in [7, 11) is 0. The van der Waals surface area contributed by atoms with Crippen LogP contribution in [-0.4, -0.2) is 46.8 Å². The lowest BCUT2D eigenvalue weighted by molar-refractivity contribution is -0.0904. The normalized spacial score (nSPS) is 17.6. The quantitative estimate of drug-likeness (QED) is 0.519. The second-order valence-corrected chi connectivity index (χ2v) is 8.88. The van der Waals surface area contributed by atoms with Gasteiger partial charge < -0.3 is 9.72 Å². The first-order valence-electron chi connectivity index (χ1n) is 10.6. The van der Waals surface area contributed by atoms with Crippen molar-refractivity contribution in [3.05, 3.63) is 87.9 Å². The van der Waals surface area contributed by atoms with E-state index in [1.54, 1.807) is 10.6 Å². The van der Waals surface area contributed by atoms with Crippen LogP contribution in [-0.2, 0) is 4.74 Å². The van der Waals surface area contributed by atoms with Crippen molar-refractivity contribution in [2.45, 2.75) is 12.0 Å². The van der Waals surface area contributed by atoms with E-state index in [9.17, 15) is 4.79 Å². The number of hydrogen-bond acceptors (Lipinski definition) is 3. The highest BCUT2D eigenvalue weighted by atomic mass is 35.5. The van der Waals surface area contributed by atoms with Crippen molar-refractivity contribution in [2.75, 3.05) is 26.3 Å². The van der Waals surface area contributed by atoms with Crippen molar-refractivity contribution < 1.29 is 4.74 Å². The second kappa shape index (κ2) is 7.38. The third-order valence-corrected chi connectivity index (χ3v) is 6.81. The molecule has 0 radical (unpaired) electrons. The van der Waals surface area contributed by atoms with Gasteiger partial charge >= 0.3 is 0 Å². The molecule has 2 aliphatic heterocycles. The molecular weight excluding hydrogens is 410 g/mol. The van der Waals surface area contributed by atoms with Gasteiger partial charge in [-0.2, -0.15) is 0 Å². The summed E-state index contributed by atoms with van der Waals surface area (Å²) in [5.74, 6) is 0.557. The minimum absolute atomic E-state index is 0.0593. The lowest BCUT2D eigenvalue weighted by atomic mass is 9.89. The third-order valence-electron chi connectivity index (χ3n) is 6.56. The van der Waals surface area contributed by atoms with E-state index in [0.29, 0.717) is 17.0 Å². The molecule has 2 aromatic heterocycles. The fourth-order valence-electron chi connectivity index (χ4n) is 4.58. The Labute approximate surface area is 184 Å². The van der Waals surface area contributed by atoms with Crippen molar-refractivity contribution in [3.63, 3.8) is 0 Å². The Morgan fingerprint density at radius 3 is 2.48 bits per heavy atom. The number of hydrogen-bond donors (Lipinski definition) is 1. The summed E-state index contributed by atoms with van der Waals surface area (Å²) in [5.41, 5.74) is 5.08. The summed E-state index contributed by atoms with van der Waals surface area (Å²) < 4.78 is 6.99. The molecule has 156 valence electrons. The van der Waals surface area contributed by atoms with E-state index >= 15 is 0 Å². The highest BCUT2D eigenvalue weighted by molar-refractivity contribution is 6.30. The number of halogens is 1. The standard InChI is InChI=1S/C25H22ClN3O2/c26-19-3-1-16(2-4-19)17-7-8-29(25(30)9-17)20-5-6-22-23(11-27-24(22)10-20)18-12-28(13-18)21-14-31-15-21/h1-11,18,21,27H,12-15H2. The molecule has 2 saturated heterocycles. The zero-order chi connectivity index (χ0) is 20.9. The number of nitrogens with zero attached hydrogens (tertiary/aromatic N) is 2. The predicted octanol–water partition coefficient (Wildman–Crippen LogP) is 4.44. The van der Waals surface area contributed by atoms with Crippen LogP contribution < -0.4 is 5.56 Å². The molecule has 5 nitrogen and oxygen atoms in total. The van der Waals surface area contributed by atoms with E-state index < -0.39 is 0 Å². The molecule has 4 heterocycles. The Kier molecular flexibility index (Phi) is 4.49. The number of rotatable bonds is 4. The molecular formula is C25H22ClN3O2. The van der Waals surface area contributed by atoms with Gasteiger partial charge in [0.25, 0.3) is 5.56 Å². The number of pyridine rings is 1. The average Bonchev–Trinajstić information content (AvgIpc) is 3.12. The molecule has 0 aliphatic carbocycles. The van der Waals surface area contributed by atoms with Crippen LogP contribution in [0, 0.1) is 0 Å². The summed E-state index contributed by atoms with van der Waals surface area (Å²) in [6.45, 7) is 3.92. The maximum absolute atomic E-state index is 12.8. The van der Waals surface area contributed by atoms with E-state index in [1.807, 2.05) is 42.6 Å². The van der Waals surface area contributed by atoms with Gasteiger partial charge in [-0.1, -0.05) is 29.8 Å². The first-order chi connectivity index (χ1) is 15.2. The van der Waals surface area contributed by atoms with Gasteiger partial charge in [-0.05, 0) is 47.0 Å². The summed E-state index contributed by atoms with van der Waals surface area (Å²) in [5, 5.41) is 1.92. The van der Waals surface area contributed by atoms with Crippen LogP contribution in [0.5, 0.6) is 0 Å². The van der Waals surface area contributed by atoms with E-state index in [4.69, 9.17) is 16.3 Å². The second-order valence-electron chi connectivity index (χ2n) is 8.45. The number of aromatic amines is 1. The molecule has 2 fully saturated rings. The molecule has 0 spiro atoms. The summed E-state index contributed by atoms with van der Waals surface area (Å²) >= 11 is 5.97. The number of aromatic nitrogens is 2. The summed E-state index contributed by atoms with van der Waals surface area (Å²) in [4.78, 5) is 18.7. The van der Waals surface area contributed by atoms with Crippen molar-refractivity contribution in [1.82, 2.24) is 14.5 Å². The minimum atomic E-state index is -0.0593. The molecule has 1 N–H and O–H groups in total. The van der Waals surface area contributed by atoms with Crippen LogP contribution in [0.1, 0.15) is 11.5 Å². The average molecular weight is 432 g/mol. The van der Waals surface area contributed by atoms with Crippen LogP contribution in [0.4, 0.5) is 0 Å².